The third-order valence-electron chi connectivity index (χ3n) is 4.04. The quantitative estimate of drug-likeness (QED) is 0.511. The SMILES string of the molecule is CNC(=O)C[N+]1(C)CCN(CCCCCOC)CC1. The van der Waals surface area contributed by atoms with Crippen molar-refractivity contribution >= 4 is 5.91 Å². The van der Waals surface area contributed by atoms with Crippen molar-refractivity contribution in [1.82, 2.24) is 10.2 Å². The predicted molar refractivity (Wildman–Crippen MR) is 77.0 cm³/mol. The van der Waals surface area contributed by atoms with Gasteiger partial charge in [0.05, 0.1) is 20.1 Å². The van der Waals surface area contributed by atoms with Gasteiger partial charge in [-0.05, 0) is 25.8 Å². The minimum atomic E-state index is 0.149. The highest BCUT2D eigenvalue weighted by atomic mass is 16.5. The molecule has 1 saturated heterocycles. The summed E-state index contributed by atoms with van der Waals surface area (Å²) < 4.78 is 5.93. The number of methoxy groups -OCH3 is 1. The van der Waals surface area contributed by atoms with Gasteiger partial charge in [-0.1, -0.05) is 0 Å². The Bertz CT molecular complexity index is 263. The van der Waals surface area contributed by atoms with E-state index in [1.165, 1.54) is 19.4 Å². The van der Waals surface area contributed by atoms with Crippen LogP contribution in [0.3, 0.4) is 0 Å². The van der Waals surface area contributed by atoms with E-state index in [0.717, 1.165) is 43.7 Å². The Balaban J connectivity index is 2.15. The van der Waals surface area contributed by atoms with Gasteiger partial charge in [-0.15, -0.1) is 0 Å². The Morgan fingerprint density at radius 1 is 1.26 bits per heavy atom. The highest BCUT2D eigenvalue weighted by Crippen LogP contribution is 2.11. The van der Waals surface area contributed by atoms with Crippen molar-refractivity contribution in [2.75, 3.05) is 67.1 Å². The summed E-state index contributed by atoms with van der Waals surface area (Å²) in [6, 6.07) is 0. The van der Waals surface area contributed by atoms with Gasteiger partial charge in [0.1, 0.15) is 0 Å². The molecule has 0 aromatic rings. The van der Waals surface area contributed by atoms with Gasteiger partial charge in [0.25, 0.3) is 5.91 Å². The molecule has 1 amide bonds. The fourth-order valence-corrected chi connectivity index (χ4v) is 2.56. The van der Waals surface area contributed by atoms with Gasteiger partial charge in [-0.2, -0.15) is 0 Å². The Labute approximate surface area is 117 Å². The van der Waals surface area contributed by atoms with Crippen molar-refractivity contribution in [3.05, 3.63) is 0 Å². The van der Waals surface area contributed by atoms with Gasteiger partial charge >= 0.3 is 0 Å². The van der Waals surface area contributed by atoms with E-state index in [0.29, 0.717) is 6.54 Å². The van der Waals surface area contributed by atoms with E-state index in [9.17, 15) is 4.79 Å². The van der Waals surface area contributed by atoms with E-state index < -0.39 is 0 Å². The van der Waals surface area contributed by atoms with Crippen LogP contribution in [0.2, 0.25) is 0 Å². The van der Waals surface area contributed by atoms with E-state index in [-0.39, 0.29) is 5.91 Å². The molecule has 0 aromatic carbocycles. The van der Waals surface area contributed by atoms with Crippen LogP contribution in [0, 0.1) is 0 Å². The molecule has 1 aliphatic rings. The number of piperazine rings is 1. The molecule has 19 heavy (non-hydrogen) atoms. The van der Waals surface area contributed by atoms with Crippen molar-refractivity contribution in [2.24, 2.45) is 0 Å². The summed E-state index contributed by atoms with van der Waals surface area (Å²) in [7, 11) is 5.66. The number of likely N-dealkylation sites (N-methyl/N-ethyl adjacent to an activating group) is 2. The highest BCUT2D eigenvalue weighted by Gasteiger charge is 2.30. The van der Waals surface area contributed by atoms with Crippen molar-refractivity contribution in [2.45, 2.75) is 19.3 Å². The van der Waals surface area contributed by atoms with Gasteiger partial charge in [-0.3, -0.25) is 9.69 Å². The van der Waals surface area contributed by atoms with E-state index in [2.05, 4.69) is 17.3 Å². The molecule has 1 aliphatic heterocycles. The average Bonchev–Trinajstić information content (AvgIpc) is 2.40. The van der Waals surface area contributed by atoms with Crippen molar-refractivity contribution in [3.63, 3.8) is 0 Å². The normalized spacial score (nSPS) is 19.3. The Morgan fingerprint density at radius 2 is 1.95 bits per heavy atom. The third kappa shape index (κ3) is 6.36. The largest absolute Gasteiger partial charge is 0.385 e. The number of hydrogen-bond donors (Lipinski definition) is 1. The lowest BCUT2D eigenvalue weighted by Gasteiger charge is -2.41. The maximum absolute atomic E-state index is 11.5. The summed E-state index contributed by atoms with van der Waals surface area (Å²) in [5, 5.41) is 2.72. The number of rotatable bonds is 8. The Hall–Kier alpha value is -0.650. The molecule has 0 aromatic heterocycles. The van der Waals surface area contributed by atoms with Crippen LogP contribution in [-0.4, -0.2) is 82.4 Å². The fourth-order valence-electron chi connectivity index (χ4n) is 2.56. The Kier molecular flexibility index (Phi) is 7.34. The maximum Gasteiger partial charge on any atom is 0.275 e. The molecule has 112 valence electrons. The second kappa shape index (κ2) is 8.51. The molecule has 1 fully saturated rings. The number of quaternary nitrogens is 1. The summed E-state index contributed by atoms with van der Waals surface area (Å²) in [6.45, 7) is 7.04. The lowest BCUT2D eigenvalue weighted by Crippen LogP contribution is -2.60. The monoisotopic (exact) mass is 272 g/mol. The average molecular weight is 272 g/mol. The summed E-state index contributed by atoms with van der Waals surface area (Å²) in [6.07, 6.45) is 3.66. The molecule has 1 N–H and O–H groups in total. The lowest BCUT2D eigenvalue weighted by atomic mass is 10.2. The topological polar surface area (TPSA) is 41.6 Å². The Morgan fingerprint density at radius 3 is 2.53 bits per heavy atom. The number of carbonyl (C=O) groups is 1. The zero-order chi connectivity index (χ0) is 14.1. The molecule has 1 rings (SSSR count). The first-order valence-electron chi connectivity index (χ1n) is 7.35. The fraction of sp³-hybridized carbons (Fsp3) is 0.929. The molecule has 1 heterocycles. The van der Waals surface area contributed by atoms with Crippen molar-refractivity contribution in [1.29, 1.82) is 0 Å². The van der Waals surface area contributed by atoms with Gasteiger partial charge in [0.2, 0.25) is 0 Å². The first kappa shape index (κ1) is 16.4. The number of unbranched alkanes of at least 4 members (excludes halogenated alkanes) is 2. The summed E-state index contributed by atoms with van der Waals surface area (Å²) >= 11 is 0. The number of nitrogens with one attached hydrogen (secondary N) is 1. The second-order valence-corrected chi connectivity index (χ2v) is 5.79. The van der Waals surface area contributed by atoms with Crippen LogP contribution in [0.25, 0.3) is 0 Å². The molecule has 0 unspecified atom stereocenters. The van der Waals surface area contributed by atoms with Crippen molar-refractivity contribution < 1.29 is 14.0 Å². The van der Waals surface area contributed by atoms with Gasteiger partial charge in [0, 0.05) is 33.9 Å². The smallest absolute Gasteiger partial charge is 0.275 e. The van der Waals surface area contributed by atoms with Crippen LogP contribution in [-0.2, 0) is 9.53 Å². The molecule has 0 radical (unpaired) electrons. The summed E-state index contributed by atoms with van der Waals surface area (Å²) in [4.78, 5) is 14.0. The van der Waals surface area contributed by atoms with Crippen LogP contribution in [0.1, 0.15) is 19.3 Å². The van der Waals surface area contributed by atoms with E-state index in [1.807, 2.05) is 0 Å². The predicted octanol–water partition coefficient (Wildman–Crippen LogP) is 0.311. The number of amides is 1. The zero-order valence-corrected chi connectivity index (χ0v) is 12.8. The van der Waals surface area contributed by atoms with Gasteiger partial charge < -0.3 is 14.5 Å². The van der Waals surface area contributed by atoms with Crippen LogP contribution in [0.15, 0.2) is 0 Å². The molecule has 5 heteroatoms. The number of hydrogen-bond acceptors (Lipinski definition) is 3. The van der Waals surface area contributed by atoms with Crippen molar-refractivity contribution in [3.8, 4) is 0 Å². The van der Waals surface area contributed by atoms with Crippen LogP contribution >= 0.6 is 0 Å². The molecular formula is C14H30N3O2+. The number of carbonyl (C=O) groups excluding carboxylic acids is 1. The number of nitrogens with zero attached hydrogens (tertiary/aromatic N) is 2. The van der Waals surface area contributed by atoms with E-state index in [1.54, 1.807) is 14.2 Å². The lowest BCUT2D eigenvalue weighted by molar-refractivity contribution is -0.906. The molecule has 0 saturated carbocycles. The number of ether oxygens (including phenoxy) is 1. The first-order chi connectivity index (χ1) is 9.09. The van der Waals surface area contributed by atoms with E-state index >= 15 is 0 Å². The van der Waals surface area contributed by atoms with Gasteiger partial charge in [0.15, 0.2) is 6.54 Å². The first-order valence-corrected chi connectivity index (χ1v) is 7.35. The maximum atomic E-state index is 11.5. The molecule has 5 nitrogen and oxygen atoms in total. The molecule has 0 bridgehead atoms. The molecule has 0 spiro atoms. The molecular weight excluding hydrogens is 242 g/mol. The zero-order valence-electron chi connectivity index (χ0n) is 12.8. The molecule has 0 aliphatic carbocycles. The van der Waals surface area contributed by atoms with Gasteiger partial charge in [-0.25, -0.2) is 0 Å². The standard InChI is InChI=1S/C14H29N3O2/c1-15-14(18)13-17(2)10-8-16(9-11-17)7-5-4-6-12-19-3/h4-13H2,1-3H3/p+1. The minimum absolute atomic E-state index is 0.149. The molecule has 0 atom stereocenters. The van der Waals surface area contributed by atoms with Crippen LogP contribution < -0.4 is 5.32 Å². The third-order valence-corrected chi connectivity index (χ3v) is 4.04. The van der Waals surface area contributed by atoms with Crippen LogP contribution in [0.4, 0.5) is 0 Å². The van der Waals surface area contributed by atoms with E-state index in [4.69, 9.17) is 4.74 Å². The summed E-state index contributed by atoms with van der Waals surface area (Å²) in [5.41, 5.74) is 0. The minimum Gasteiger partial charge on any atom is -0.385 e. The van der Waals surface area contributed by atoms with Crippen LogP contribution in [0.5, 0.6) is 0 Å². The highest BCUT2D eigenvalue weighted by molar-refractivity contribution is 5.76. The summed E-state index contributed by atoms with van der Waals surface area (Å²) in [5.74, 6) is 0.149. The second-order valence-electron chi connectivity index (χ2n) is 5.79.